The number of carbonyl (C=O) groups is 2. The monoisotopic (exact) mass is 349 g/mol. The molecule has 0 saturated carbocycles. The number of hydrogen-bond donors (Lipinski definition) is 1. The number of ether oxygens (including phenoxy) is 2. The first-order valence-electron chi connectivity index (χ1n) is 8.45. The van der Waals surface area contributed by atoms with Crippen LogP contribution >= 0.6 is 0 Å². The largest absolute Gasteiger partial charge is 0.490 e. The molecule has 132 valence electrons. The highest BCUT2D eigenvalue weighted by Crippen LogP contribution is 2.30. The maximum absolute atomic E-state index is 12.4. The van der Waals surface area contributed by atoms with Crippen LogP contribution < -0.4 is 14.8 Å². The highest BCUT2D eigenvalue weighted by Gasteiger charge is 2.15. The van der Waals surface area contributed by atoms with Crippen molar-refractivity contribution in [2.45, 2.75) is 19.3 Å². The lowest BCUT2D eigenvalue weighted by molar-refractivity contribution is -0.116. The molecule has 0 aromatic heterocycles. The Morgan fingerprint density at radius 2 is 1.85 bits per heavy atom. The third-order valence-electron chi connectivity index (χ3n) is 3.96. The average molecular weight is 349 g/mol. The van der Waals surface area contributed by atoms with Gasteiger partial charge in [0.05, 0.1) is 13.2 Å². The first-order valence-corrected chi connectivity index (χ1v) is 8.45. The molecule has 0 aliphatic carbocycles. The summed E-state index contributed by atoms with van der Waals surface area (Å²) in [4.78, 5) is 24.4. The number of anilines is 1. The van der Waals surface area contributed by atoms with Crippen molar-refractivity contribution in [3.05, 3.63) is 53.6 Å². The van der Waals surface area contributed by atoms with E-state index in [0.717, 1.165) is 6.42 Å². The molecule has 0 fully saturated rings. The van der Waals surface area contributed by atoms with Gasteiger partial charge < -0.3 is 14.8 Å². The second-order valence-corrected chi connectivity index (χ2v) is 5.91. The van der Waals surface area contributed by atoms with Crippen molar-refractivity contribution >= 4 is 17.4 Å². The van der Waals surface area contributed by atoms with E-state index in [1.54, 1.807) is 42.5 Å². The number of amides is 1. The molecule has 0 unspecified atom stereocenters. The lowest BCUT2D eigenvalue weighted by Gasteiger charge is -2.09. The molecule has 5 heteroatoms. The third-order valence-corrected chi connectivity index (χ3v) is 3.96. The Bertz CT molecular complexity index is 867. The highest BCUT2D eigenvalue weighted by atomic mass is 16.5. The van der Waals surface area contributed by atoms with Crippen LogP contribution in [0.4, 0.5) is 5.69 Å². The number of terminal acetylenes is 1. The van der Waals surface area contributed by atoms with Gasteiger partial charge in [0, 0.05) is 36.1 Å². The SMILES string of the molecule is C#Cc1cccc(NC(=O)CCC(=O)c2ccc3c(c2)OCCCO3)c1. The number of rotatable bonds is 5. The maximum atomic E-state index is 12.4. The Hall–Kier alpha value is -3.26. The van der Waals surface area contributed by atoms with Gasteiger partial charge in [0.2, 0.25) is 5.91 Å². The van der Waals surface area contributed by atoms with E-state index < -0.39 is 0 Å². The number of nitrogens with one attached hydrogen (secondary N) is 1. The summed E-state index contributed by atoms with van der Waals surface area (Å²) >= 11 is 0. The van der Waals surface area contributed by atoms with Crippen LogP contribution in [0.3, 0.4) is 0 Å². The van der Waals surface area contributed by atoms with E-state index in [1.165, 1.54) is 0 Å². The first-order chi connectivity index (χ1) is 12.7. The molecule has 1 amide bonds. The molecule has 1 aliphatic rings. The number of fused-ring (bicyclic) bond motifs is 1. The zero-order valence-corrected chi connectivity index (χ0v) is 14.3. The molecule has 0 atom stereocenters. The van der Waals surface area contributed by atoms with Crippen molar-refractivity contribution in [1.82, 2.24) is 0 Å². The predicted molar refractivity (Wildman–Crippen MR) is 98.6 cm³/mol. The molecule has 0 spiro atoms. The van der Waals surface area contributed by atoms with Crippen LogP contribution in [0.15, 0.2) is 42.5 Å². The Labute approximate surface area is 152 Å². The second-order valence-electron chi connectivity index (χ2n) is 5.91. The second kappa shape index (κ2) is 8.21. The lowest BCUT2D eigenvalue weighted by atomic mass is 10.1. The van der Waals surface area contributed by atoms with Gasteiger partial charge >= 0.3 is 0 Å². The van der Waals surface area contributed by atoms with E-state index in [9.17, 15) is 9.59 Å². The van der Waals surface area contributed by atoms with Crippen LogP contribution in [0, 0.1) is 12.3 Å². The predicted octanol–water partition coefficient (Wildman–Crippen LogP) is 3.43. The van der Waals surface area contributed by atoms with Gasteiger partial charge in [-0.3, -0.25) is 9.59 Å². The number of hydrogen-bond acceptors (Lipinski definition) is 4. The fourth-order valence-corrected chi connectivity index (χ4v) is 2.62. The highest BCUT2D eigenvalue weighted by molar-refractivity contribution is 6.00. The minimum Gasteiger partial charge on any atom is -0.490 e. The molecule has 2 aromatic rings. The van der Waals surface area contributed by atoms with Crippen molar-refractivity contribution in [2.24, 2.45) is 0 Å². The normalized spacial score (nSPS) is 12.6. The summed E-state index contributed by atoms with van der Waals surface area (Å²) in [5, 5.41) is 2.75. The summed E-state index contributed by atoms with van der Waals surface area (Å²) < 4.78 is 11.1. The van der Waals surface area contributed by atoms with Gasteiger partial charge in [-0.25, -0.2) is 0 Å². The molecular formula is C21H19NO4. The summed E-state index contributed by atoms with van der Waals surface area (Å²) in [7, 11) is 0. The van der Waals surface area contributed by atoms with Crippen molar-refractivity contribution in [2.75, 3.05) is 18.5 Å². The van der Waals surface area contributed by atoms with E-state index in [0.29, 0.717) is 41.5 Å². The molecule has 5 nitrogen and oxygen atoms in total. The van der Waals surface area contributed by atoms with Crippen LogP contribution in [-0.4, -0.2) is 24.9 Å². The van der Waals surface area contributed by atoms with Gasteiger partial charge in [0.1, 0.15) is 0 Å². The summed E-state index contributed by atoms with van der Waals surface area (Å²) in [5.41, 5.74) is 1.82. The Balaban J connectivity index is 1.57. The van der Waals surface area contributed by atoms with Crippen molar-refractivity contribution in [3.8, 4) is 23.8 Å². The number of benzene rings is 2. The lowest BCUT2D eigenvalue weighted by Crippen LogP contribution is -2.13. The number of carbonyl (C=O) groups excluding carboxylic acids is 2. The Morgan fingerprint density at radius 1 is 1.04 bits per heavy atom. The Morgan fingerprint density at radius 3 is 2.65 bits per heavy atom. The first kappa shape index (κ1) is 17.6. The standard InChI is InChI=1S/C21H19NO4/c1-2-15-5-3-6-17(13-15)22-21(24)10-8-18(23)16-7-9-19-20(14-16)26-12-4-11-25-19/h1,3,5-7,9,13-14H,4,8,10-12H2,(H,22,24). The zero-order valence-electron chi connectivity index (χ0n) is 14.3. The number of ketones is 1. The van der Waals surface area contributed by atoms with E-state index in [1.807, 2.05) is 0 Å². The van der Waals surface area contributed by atoms with E-state index >= 15 is 0 Å². The van der Waals surface area contributed by atoms with E-state index in [2.05, 4.69) is 11.2 Å². The summed E-state index contributed by atoms with van der Waals surface area (Å²) in [6.07, 6.45) is 6.35. The van der Waals surface area contributed by atoms with Crippen LogP contribution in [0.25, 0.3) is 0 Å². The van der Waals surface area contributed by atoms with Crippen LogP contribution in [0.1, 0.15) is 35.2 Å². The smallest absolute Gasteiger partial charge is 0.224 e. The third kappa shape index (κ3) is 4.42. The van der Waals surface area contributed by atoms with Gasteiger partial charge in [-0.1, -0.05) is 12.0 Å². The minimum atomic E-state index is -0.234. The van der Waals surface area contributed by atoms with Crippen molar-refractivity contribution < 1.29 is 19.1 Å². The van der Waals surface area contributed by atoms with Crippen LogP contribution in [0.5, 0.6) is 11.5 Å². The van der Waals surface area contributed by atoms with Gasteiger partial charge in [-0.15, -0.1) is 6.42 Å². The Kier molecular flexibility index (Phi) is 5.55. The summed E-state index contributed by atoms with van der Waals surface area (Å²) in [5.74, 6) is 3.38. The molecule has 26 heavy (non-hydrogen) atoms. The quantitative estimate of drug-likeness (QED) is 0.663. The average Bonchev–Trinajstić information content (AvgIpc) is 2.91. The summed E-state index contributed by atoms with van der Waals surface area (Å²) in [6.45, 7) is 1.16. The molecule has 2 aromatic carbocycles. The van der Waals surface area contributed by atoms with Gasteiger partial charge in [-0.2, -0.15) is 0 Å². The molecule has 1 heterocycles. The molecule has 1 aliphatic heterocycles. The molecule has 1 N–H and O–H groups in total. The van der Waals surface area contributed by atoms with Crippen molar-refractivity contribution in [1.29, 1.82) is 0 Å². The van der Waals surface area contributed by atoms with Gasteiger partial charge in [-0.05, 0) is 36.4 Å². The summed E-state index contributed by atoms with van der Waals surface area (Å²) in [6, 6.07) is 12.1. The van der Waals surface area contributed by atoms with Crippen LogP contribution in [0.2, 0.25) is 0 Å². The fourth-order valence-electron chi connectivity index (χ4n) is 2.62. The number of Topliss-reactive ketones (excluding diaryl/α,β-unsaturated/α-hetero) is 1. The van der Waals surface area contributed by atoms with E-state index in [-0.39, 0.29) is 24.5 Å². The van der Waals surface area contributed by atoms with Gasteiger partial charge in [0.15, 0.2) is 17.3 Å². The molecule has 0 bridgehead atoms. The van der Waals surface area contributed by atoms with Crippen molar-refractivity contribution in [3.63, 3.8) is 0 Å². The maximum Gasteiger partial charge on any atom is 0.224 e. The molecule has 0 radical (unpaired) electrons. The zero-order chi connectivity index (χ0) is 18.4. The molecular weight excluding hydrogens is 330 g/mol. The van der Waals surface area contributed by atoms with Crippen LogP contribution in [-0.2, 0) is 4.79 Å². The van der Waals surface area contributed by atoms with E-state index in [4.69, 9.17) is 15.9 Å². The molecule has 3 rings (SSSR count). The minimum absolute atomic E-state index is 0.0908. The fraction of sp³-hybridized carbons (Fsp3) is 0.238. The molecule has 0 saturated heterocycles. The topological polar surface area (TPSA) is 64.6 Å². The van der Waals surface area contributed by atoms with Gasteiger partial charge in [0.25, 0.3) is 0 Å².